The smallest absolute Gasteiger partial charge is 0.245 e. The van der Waals surface area contributed by atoms with E-state index in [1.807, 2.05) is 19.1 Å². The number of rotatable bonds is 5. The molecule has 5 nitrogen and oxygen atoms in total. The average Bonchev–Trinajstić information content (AvgIpc) is 2.82. The van der Waals surface area contributed by atoms with Crippen LogP contribution in [0.2, 0.25) is 5.02 Å². The molecule has 1 fully saturated rings. The van der Waals surface area contributed by atoms with E-state index in [4.69, 9.17) is 11.6 Å². The van der Waals surface area contributed by atoms with Crippen LogP contribution >= 0.6 is 11.6 Å². The van der Waals surface area contributed by atoms with E-state index in [1.165, 1.54) is 0 Å². The number of carbonyl (C=O) groups excluding carboxylic acids is 1. The Labute approximate surface area is 136 Å². The van der Waals surface area contributed by atoms with Crippen LogP contribution in [0.4, 0.5) is 5.69 Å². The summed E-state index contributed by atoms with van der Waals surface area (Å²) in [4.78, 5) is 14.3. The van der Waals surface area contributed by atoms with Crippen LogP contribution in [0.25, 0.3) is 0 Å². The van der Waals surface area contributed by atoms with Gasteiger partial charge in [-0.3, -0.25) is 4.79 Å². The second-order valence-corrected chi connectivity index (χ2v) is 8.22. The SMILES string of the molecule is CCN(C(=O)[C@H](C)Nc1ccc(Cl)cc1)[C@@H]1CCS(=O)(=O)C1. The number of halogens is 1. The number of carbonyl (C=O) groups is 1. The van der Waals surface area contributed by atoms with Crippen LogP contribution in [0.15, 0.2) is 24.3 Å². The van der Waals surface area contributed by atoms with Crippen molar-refractivity contribution in [2.45, 2.75) is 32.4 Å². The molecule has 1 heterocycles. The lowest BCUT2D eigenvalue weighted by Crippen LogP contribution is -2.47. The minimum absolute atomic E-state index is 0.0697. The molecule has 0 spiro atoms. The molecule has 1 aliphatic heterocycles. The minimum Gasteiger partial charge on any atom is -0.374 e. The van der Waals surface area contributed by atoms with Crippen LogP contribution in [0.1, 0.15) is 20.3 Å². The summed E-state index contributed by atoms with van der Waals surface area (Å²) in [5.74, 6) is 0.153. The number of benzene rings is 1. The molecule has 2 atom stereocenters. The highest BCUT2D eigenvalue weighted by Crippen LogP contribution is 2.20. The summed E-state index contributed by atoms with van der Waals surface area (Å²) in [6.07, 6.45) is 0.523. The second kappa shape index (κ2) is 6.87. The molecule has 0 radical (unpaired) electrons. The first kappa shape index (κ1) is 17.1. The summed E-state index contributed by atoms with van der Waals surface area (Å²) in [6.45, 7) is 4.16. The van der Waals surface area contributed by atoms with Crippen LogP contribution < -0.4 is 5.32 Å². The standard InChI is InChI=1S/C15H21ClN2O3S/c1-3-18(14-8-9-22(20,21)10-14)15(19)11(2)17-13-6-4-12(16)5-7-13/h4-7,11,14,17H,3,8-10H2,1-2H3/t11-,14+/m0/s1. The van der Waals surface area contributed by atoms with Gasteiger partial charge in [-0.2, -0.15) is 0 Å². The molecule has 0 bridgehead atoms. The third-order valence-electron chi connectivity index (χ3n) is 3.87. The van der Waals surface area contributed by atoms with E-state index in [-0.39, 0.29) is 23.5 Å². The van der Waals surface area contributed by atoms with Gasteiger partial charge in [0.15, 0.2) is 9.84 Å². The van der Waals surface area contributed by atoms with Crippen molar-refractivity contribution in [2.75, 3.05) is 23.4 Å². The fourth-order valence-corrected chi connectivity index (χ4v) is 4.58. The summed E-state index contributed by atoms with van der Waals surface area (Å²) >= 11 is 5.84. The lowest BCUT2D eigenvalue weighted by molar-refractivity contribution is -0.133. The molecule has 22 heavy (non-hydrogen) atoms. The first-order valence-electron chi connectivity index (χ1n) is 7.35. The number of anilines is 1. The van der Waals surface area contributed by atoms with Crippen molar-refractivity contribution in [2.24, 2.45) is 0 Å². The Hall–Kier alpha value is -1.27. The Morgan fingerprint density at radius 2 is 2.05 bits per heavy atom. The molecule has 122 valence electrons. The van der Waals surface area contributed by atoms with Crippen LogP contribution in [0, 0.1) is 0 Å². The van der Waals surface area contributed by atoms with E-state index >= 15 is 0 Å². The normalized spacial score (nSPS) is 21.3. The highest BCUT2D eigenvalue weighted by atomic mass is 35.5. The number of likely N-dealkylation sites (N-methyl/N-ethyl adjacent to an activating group) is 1. The zero-order chi connectivity index (χ0) is 16.3. The van der Waals surface area contributed by atoms with Gasteiger partial charge >= 0.3 is 0 Å². The zero-order valence-electron chi connectivity index (χ0n) is 12.8. The van der Waals surface area contributed by atoms with Crippen LogP contribution in [0.3, 0.4) is 0 Å². The van der Waals surface area contributed by atoms with Crippen molar-refractivity contribution in [3.8, 4) is 0 Å². The quantitative estimate of drug-likeness (QED) is 0.889. The fraction of sp³-hybridized carbons (Fsp3) is 0.533. The molecule has 1 aliphatic rings. The third kappa shape index (κ3) is 4.14. The maximum atomic E-state index is 12.6. The van der Waals surface area contributed by atoms with E-state index in [1.54, 1.807) is 24.0 Å². The first-order chi connectivity index (χ1) is 10.3. The lowest BCUT2D eigenvalue weighted by Gasteiger charge is -2.30. The van der Waals surface area contributed by atoms with Gasteiger partial charge in [-0.15, -0.1) is 0 Å². The van der Waals surface area contributed by atoms with Gasteiger partial charge in [0.2, 0.25) is 5.91 Å². The van der Waals surface area contributed by atoms with E-state index in [0.29, 0.717) is 18.0 Å². The number of nitrogens with one attached hydrogen (secondary N) is 1. The largest absolute Gasteiger partial charge is 0.374 e. The van der Waals surface area contributed by atoms with Gasteiger partial charge in [0.25, 0.3) is 0 Å². The summed E-state index contributed by atoms with van der Waals surface area (Å²) in [5.41, 5.74) is 0.806. The predicted octanol–water partition coefficient (Wildman–Crippen LogP) is 2.18. The topological polar surface area (TPSA) is 66.5 Å². The third-order valence-corrected chi connectivity index (χ3v) is 5.87. The number of nitrogens with zero attached hydrogens (tertiary/aromatic N) is 1. The van der Waals surface area contributed by atoms with Crippen molar-refractivity contribution in [3.63, 3.8) is 0 Å². The van der Waals surface area contributed by atoms with Crippen LogP contribution in [-0.4, -0.2) is 49.4 Å². The van der Waals surface area contributed by atoms with Crippen molar-refractivity contribution in [3.05, 3.63) is 29.3 Å². The van der Waals surface area contributed by atoms with Gasteiger partial charge in [-0.05, 0) is 44.5 Å². The van der Waals surface area contributed by atoms with E-state index in [2.05, 4.69) is 5.32 Å². The number of hydrogen-bond donors (Lipinski definition) is 1. The zero-order valence-corrected chi connectivity index (χ0v) is 14.3. The molecule has 1 aromatic rings. The maximum absolute atomic E-state index is 12.6. The van der Waals surface area contributed by atoms with E-state index in [9.17, 15) is 13.2 Å². The van der Waals surface area contributed by atoms with Gasteiger partial charge in [-0.1, -0.05) is 11.6 Å². The molecule has 0 saturated carbocycles. The number of amides is 1. The average molecular weight is 345 g/mol. The Balaban J connectivity index is 2.03. The molecule has 2 rings (SSSR count). The number of hydrogen-bond acceptors (Lipinski definition) is 4. The van der Waals surface area contributed by atoms with Gasteiger partial charge in [0.05, 0.1) is 11.5 Å². The molecule has 0 unspecified atom stereocenters. The Kier molecular flexibility index (Phi) is 5.34. The Morgan fingerprint density at radius 1 is 1.41 bits per heavy atom. The van der Waals surface area contributed by atoms with Crippen LogP contribution in [0.5, 0.6) is 0 Å². The van der Waals surface area contributed by atoms with E-state index in [0.717, 1.165) is 5.69 Å². The molecule has 0 aromatic heterocycles. The summed E-state index contributed by atoms with van der Waals surface area (Å²) in [7, 11) is -3.00. The Bertz CT molecular complexity index is 631. The van der Waals surface area contributed by atoms with Crippen molar-refractivity contribution < 1.29 is 13.2 Å². The molecular weight excluding hydrogens is 324 g/mol. The summed E-state index contributed by atoms with van der Waals surface area (Å²) in [5, 5.41) is 3.76. The van der Waals surface area contributed by atoms with Gasteiger partial charge in [-0.25, -0.2) is 8.42 Å². The second-order valence-electron chi connectivity index (χ2n) is 5.55. The molecule has 1 N–H and O–H groups in total. The Morgan fingerprint density at radius 3 is 2.55 bits per heavy atom. The van der Waals surface area contributed by atoms with Crippen molar-refractivity contribution in [1.82, 2.24) is 4.90 Å². The van der Waals surface area contributed by atoms with Crippen LogP contribution in [-0.2, 0) is 14.6 Å². The lowest BCUT2D eigenvalue weighted by atomic mass is 10.1. The fourth-order valence-electron chi connectivity index (χ4n) is 2.72. The van der Waals surface area contributed by atoms with Gasteiger partial charge in [0.1, 0.15) is 6.04 Å². The molecule has 1 aromatic carbocycles. The summed E-state index contributed by atoms with van der Waals surface area (Å²) in [6, 6.07) is 6.48. The molecular formula is C15H21ClN2O3S. The predicted molar refractivity (Wildman–Crippen MR) is 89.0 cm³/mol. The number of sulfone groups is 1. The van der Waals surface area contributed by atoms with Gasteiger partial charge < -0.3 is 10.2 Å². The van der Waals surface area contributed by atoms with E-state index < -0.39 is 15.9 Å². The molecule has 1 amide bonds. The molecule has 7 heteroatoms. The van der Waals surface area contributed by atoms with Crippen molar-refractivity contribution >= 4 is 33.0 Å². The first-order valence-corrected chi connectivity index (χ1v) is 9.55. The monoisotopic (exact) mass is 344 g/mol. The highest BCUT2D eigenvalue weighted by Gasteiger charge is 2.35. The highest BCUT2D eigenvalue weighted by molar-refractivity contribution is 7.91. The maximum Gasteiger partial charge on any atom is 0.245 e. The summed E-state index contributed by atoms with van der Waals surface area (Å²) < 4.78 is 23.2. The molecule has 1 saturated heterocycles. The molecule has 0 aliphatic carbocycles. The van der Waals surface area contributed by atoms with Gasteiger partial charge in [0, 0.05) is 23.3 Å². The minimum atomic E-state index is -3.00. The van der Waals surface area contributed by atoms with Crippen molar-refractivity contribution in [1.29, 1.82) is 0 Å².